The van der Waals surface area contributed by atoms with E-state index in [0.717, 1.165) is 30.4 Å². The highest BCUT2D eigenvalue weighted by atomic mass is 16.5. The monoisotopic (exact) mass is 248 g/mol. The first-order valence-corrected chi connectivity index (χ1v) is 6.95. The number of pyridine rings is 1. The zero-order chi connectivity index (χ0) is 13.0. The van der Waals surface area contributed by atoms with Crippen LogP contribution < -0.4 is 5.73 Å². The van der Waals surface area contributed by atoms with Crippen molar-refractivity contribution < 1.29 is 4.74 Å². The maximum atomic E-state index is 6.18. The van der Waals surface area contributed by atoms with Gasteiger partial charge in [-0.05, 0) is 43.2 Å². The van der Waals surface area contributed by atoms with Crippen LogP contribution in [-0.2, 0) is 4.74 Å². The van der Waals surface area contributed by atoms with Gasteiger partial charge in [-0.3, -0.25) is 4.98 Å². The lowest BCUT2D eigenvalue weighted by Gasteiger charge is -2.33. The third-order valence-corrected chi connectivity index (χ3v) is 3.72. The summed E-state index contributed by atoms with van der Waals surface area (Å²) in [4.78, 5) is 4.35. The number of ether oxygens (including phenoxy) is 1. The van der Waals surface area contributed by atoms with Crippen molar-refractivity contribution in [3.8, 4) is 0 Å². The second-order valence-corrected chi connectivity index (χ2v) is 5.65. The molecule has 3 atom stereocenters. The van der Waals surface area contributed by atoms with Crippen LogP contribution in [0.5, 0.6) is 0 Å². The van der Waals surface area contributed by atoms with E-state index in [2.05, 4.69) is 18.8 Å². The minimum atomic E-state index is -0.0614. The second kappa shape index (κ2) is 6.30. The lowest BCUT2D eigenvalue weighted by molar-refractivity contribution is -0.0482. The quantitative estimate of drug-likeness (QED) is 0.891. The van der Waals surface area contributed by atoms with E-state index >= 15 is 0 Å². The van der Waals surface area contributed by atoms with E-state index in [9.17, 15) is 0 Å². The molecule has 3 nitrogen and oxygen atoms in total. The van der Waals surface area contributed by atoms with Gasteiger partial charge in [-0.15, -0.1) is 0 Å². The molecule has 0 aliphatic heterocycles. The Hall–Kier alpha value is -0.930. The number of hydrogen-bond donors (Lipinski definition) is 1. The topological polar surface area (TPSA) is 48.1 Å². The summed E-state index contributed by atoms with van der Waals surface area (Å²) in [5.74, 6) is 1.50. The molecule has 1 heterocycles. The first kappa shape index (κ1) is 13.5. The standard InChI is InChI=1S/C15H24N2O/c1-11-7-12(2)9-13(8-11)18-15(10-16)14-5-3-4-6-17-14/h3-6,11-13,15H,7-10,16H2,1-2H3. The van der Waals surface area contributed by atoms with Gasteiger partial charge in [0.2, 0.25) is 0 Å². The van der Waals surface area contributed by atoms with E-state index in [1.807, 2.05) is 18.2 Å². The molecule has 3 heteroatoms. The first-order valence-electron chi connectivity index (χ1n) is 6.95. The Labute approximate surface area is 110 Å². The van der Waals surface area contributed by atoms with E-state index in [0.29, 0.717) is 12.6 Å². The van der Waals surface area contributed by atoms with E-state index in [1.165, 1.54) is 6.42 Å². The summed E-state index contributed by atoms with van der Waals surface area (Å²) < 4.78 is 6.18. The van der Waals surface area contributed by atoms with Gasteiger partial charge in [-0.25, -0.2) is 0 Å². The predicted octanol–water partition coefficient (Wildman–Crippen LogP) is 2.92. The third-order valence-electron chi connectivity index (χ3n) is 3.72. The molecule has 100 valence electrons. The zero-order valence-electron chi connectivity index (χ0n) is 11.4. The number of nitrogens with two attached hydrogens (primary N) is 1. The summed E-state index contributed by atoms with van der Waals surface area (Å²) in [5, 5.41) is 0. The molecule has 0 saturated heterocycles. The van der Waals surface area contributed by atoms with Crippen molar-refractivity contribution in [2.24, 2.45) is 17.6 Å². The first-order chi connectivity index (χ1) is 8.69. The van der Waals surface area contributed by atoms with Crippen LogP contribution >= 0.6 is 0 Å². The summed E-state index contributed by atoms with van der Waals surface area (Å²) in [5.41, 5.74) is 6.78. The molecule has 0 bridgehead atoms. The molecule has 1 fully saturated rings. The van der Waals surface area contributed by atoms with Crippen molar-refractivity contribution in [2.75, 3.05) is 6.54 Å². The molecule has 0 radical (unpaired) electrons. The molecule has 1 aromatic heterocycles. The van der Waals surface area contributed by atoms with Gasteiger partial charge in [0.1, 0.15) is 6.10 Å². The largest absolute Gasteiger partial charge is 0.367 e. The molecular weight excluding hydrogens is 224 g/mol. The zero-order valence-corrected chi connectivity index (χ0v) is 11.4. The fourth-order valence-electron chi connectivity index (χ4n) is 3.03. The molecule has 1 saturated carbocycles. The molecule has 18 heavy (non-hydrogen) atoms. The Balaban J connectivity index is 1.98. The molecule has 2 rings (SSSR count). The van der Waals surface area contributed by atoms with Crippen molar-refractivity contribution in [1.82, 2.24) is 4.98 Å². The molecule has 3 unspecified atom stereocenters. The van der Waals surface area contributed by atoms with E-state index in [4.69, 9.17) is 10.5 Å². The van der Waals surface area contributed by atoms with E-state index < -0.39 is 0 Å². The van der Waals surface area contributed by atoms with Crippen LogP contribution in [0.2, 0.25) is 0 Å². The van der Waals surface area contributed by atoms with Crippen LogP contribution in [-0.4, -0.2) is 17.6 Å². The average Bonchev–Trinajstić information content (AvgIpc) is 2.36. The van der Waals surface area contributed by atoms with E-state index in [1.54, 1.807) is 6.20 Å². The third kappa shape index (κ3) is 3.53. The van der Waals surface area contributed by atoms with Crippen molar-refractivity contribution in [2.45, 2.75) is 45.3 Å². The fourth-order valence-corrected chi connectivity index (χ4v) is 3.03. The van der Waals surface area contributed by atoms with Crippen molar-refractivity contribution in [1.29, 1.82) is 0 Å². The van der Waals surface area contributed by atoms with Crippen molar-refractivity contribution >= 4 is 0 Å². The number of rotatable bonds is 4. The van der Waals surface area contributed by atoms with Crippen LogP contribution in [0.1, 0.15) is 44.9 Å². The van der Waals surface area contributed by atoms with Gasteiger partial charge in [0.15, 0.2) is 0 Å². The summed E-state index contributed by atoms with van der Waals surface area (Å²) in [6.07, 6.45) is 5.68. The van der Waals surface area contributed by atoms with Crippen LogP contribution in [0.25, 0.3) is 0 Å². The lowest BCUT2D eigenvalue weighted by Crippen LogP contribution is -2.30. The van der Waals surface area contributed by atoms with Gasteiger partial charge in [-0.2, -0.15) is 0 Å². The summed E-state index contributed by atoms with van der Waals surface area (Å²) >= 11 is 0. The second-order valence-electron chi connectivity index (χ2n) is 5.65. The van der Waals surface area contributed by atoms with E-state index in [-0.39, 0.29) is 6.10 Å². The van der Waals surface area contributed by atoms with Crippen LogP contribution in [0.4, 0.5) is 0 Å². The lowest BCUT2D eigenvalue weighted by atomic mass is 9.81. The van der Waals surface area contributed by atoms with Gasteiger partial charge in [0.25, 0.3) is 0 Å². The minimum absolute atomic E-state index is 0.0614. The van der Waals surface area contributed by atoms with Gasteiger partial charge >= 0.3 is 0 Å². The van der Waals surface area contributed by atoms with Crippen LogP contribution in [0.15, 0.2) is 24.4 Å². The van der Waals surface area contributed by atoms with Crippen LogP contribution in [0.3, 0.4) is 0 Å². The fraction of sp³-hybridized carbons (Fsp3) is 0.667. The maximum absolute atomic E-state index is 6.18. The predicted molar refractivity (Wildman–Crippen MR) is 73.1 cm³/mol. The van der Waals surface area contributed by atoms with Crippen molar-refractivity contribution in [3.63, 3.8) is 0 Å². The number of hydrogen-bond acceptors (Lipinski definition) is 3. The van der Waals surface area contributed by atoms with Gasteiger partial charge in [0.05, 0.1) is 11.8 Å². The summed E-state index contributed by atoms with van der Waals surface area (Å²) in [6, 6.07) is 5.90. The average molecular weight is 248 g/mol. The summed E-state index contributed by atoms with van der Waals surface area (Å²) in [7, 11) is 0. The Bertz CT molecular complexity index is 345. The molecule has 2 N–H and O–H groups in total. The van der Waals surface area contributed by atoms with Crippen molar-refractivity contribution in [3.05, 3.63) is 30.1 Å². The molecular formula is C15H24N2O. The summed E-state index contributed by atoms with van der Waals surface area (Å²) in [6.45, 7) is 5.12. The van der Waals surface area contributed by atoms with Gasteiger partial charge in [0, 0.05) is 12.7 Å². The Morgan fingerprint density at radius 3 is 2.56 bits per heavy atom. The smallest absolute Gasteiger partial charge is 0.112 e. The maximum Gasteiger partial charge on any atom is 0.112 e. The molecule has 0 spiro atoms. The Morgan fingerprint density at radius 1 is 1.28 bits per heavy atom. The molecule has 1 aliphatic carbocycles. The van der Waals surface area contributed by atoms with Crippen LogP contribution in [0, 0.1) is 11.8 Å². The molecule has 1 aromatic rings. The number of aromatic nitrogens is 1. The Kier molecular flexibility index (Phi) is 4.72. The highest BCUT2D eigenvalue weighted by Crippen LogP contribution is 2.32. The Morgan fingerprint density at radius 2 is 2.00 bits per heavy atom. The minimum Gasteiger partial charge on any atom is -0.367 e. The highest BCUT2D eigenvalue weighted by molar-refractivity contribution is 5.07. The normalized spacial score (nSPS) is 30.1. The molecule has 0 aromatic carbocycles. The SMILES string of the molecule is CC1CC(C)CC(OC(CN)c2ccccn2)C1. The molecule has 1 aliphatic rings. The van der Waals surface area contributed by atoms with Gasteiger partial charge < -0.3 is 10.5 Å². The highest BCUT2D eigenvalue weighted by Gasteiger charge is 2.27. The van der Waals surface area contributed by atoms with Gasteiger partial charge in [-0.1, -0.05) is 19.9 Å². The molecule has 0 amide bonds. The number of nitrogens with zero attached hydrogens (tertiary/aromatic N) is 1.